The number of benzene rings is 1. The van der Waals surface area contributed by atoms with Gasteiger partial charge in [-0.25, -0.2) is 9.78 Å². The number of hydrogen-bond donors (Lipinski definition) is 1. The molecule has 0 fully saturated rings. The number of para-hydroxylation sites is 1. The fraction of sp³-hybridized carbons (Fsp3) is 0.0769. The smallest absolute Gasteiger partial charge is 0.356 e. The highest BCUT2D eigenvalue weighted by atomic mass is 16.4. The average molecular weight is 226 g/mol. The summed E-state index contributed by atoms with van der Waals surface area (Å²) in [5.74, 6) is -0.980. The normalized spacial score (nSPS) is 12.7. The summed E-state index contributed by atoms with van der Waals surface area (Å²) in [7, 11) is 0. The predicted octanol–water partition coefficient (Wildman–Crippen LogP) is 2.14. The molecule has 1 aliphatic rings. The van der Waals surface area contributed by atoms with Crippen molar-refractivity contribution >= 4 is 12.0 Å². The molecule has 4 nitrogen and oxygen atoms in total. The van der Waals surface area contributed by atoms with E-state index in [9.17, 15) is 4.79 Å². The Morgan fingerprint density at radius 2 is 2.18 bits per heavy atom. The maximum absolute atomic E-state index is 11.1. The number of nitrogens with zero attached hydrogens (tertiary/aromatic N) is 2. The second-order valence-corrected chi connectivity index (χ2v) is 3.88. The molecule has 3 rings (SSSR count). The maximum Gasteiger partial charge on any atom is 0.356 e. The van der Waals surface area contributed by atoms with Gasteiger partial charge in [-0.05, 0) is 11.6 Å². The first kappa shape index (κ1) is 9.84. The van der Waals surface area contributed by atoms with Crippen LogP contribution in [-0.2, 0) is 6.42 Å². The van der Waals surface area contributed by atoms with Crippen LogP contribution < -0.4 is 0 Å². The van der Waals surface area contributed by atoms with Crippen LogP contribution in [0.1, 0.15) is 21.7 Å². The highest BCUT2D eigenvalue weighted by Crippen LogP contribution is 2.24. The van der Waals surface area contributed by atoms with Crippen LogP contribution in [0.15, 0.2) is 36.7 Å². The van der Waals surface area contributed by atoms with Gasteiger partial charge in [-0.2, -0.15) is 0 Å². The van der Waals surface area contributed by atoms with Gasteiger partial charge < -0.3 is 9.67 Å². The molecule has 1 N–H and O–H groups in total. The minimum absolute atomic E-state index is 0.131. The Balaban J connectivity index is 2.28. The number of aromatic carboxylic acids is 1. The topological polar surface area (TPSA) is 55.1 Å². The van der Waals surface area contributed by atoms with Crippen LogP contribution in [0.2, 0.25) is 0 Å². The van der Waals surface area contributed by atoms with E-state index in [2.05, 4.69) is 4.98 Å². The molecule has 84 valence electrons. The van der Waals surface area contributed by atoms with E-state index in [1.165, 1.54) is 0 Å². The Labute approximate surface area is 97.8 Å². The standard InChI is InChI=1S/C13H10N2O2/c16-13(17)12-11-7-3-5-9-4-1-2-6-10(9)15(11)8-14-12/h1-6,8H,7H2,(H,16,17). The fourth-order valence-electron chi connectivity index (χ4n) is 2.10. The summed E-state index contributed by atoms with van der Waals surface area (Å²) in [6.45, 7) is 0. The molecule has 2 aromatic rings. The number of rotatable bonds is 1. The Bertz CT molecular complexity index is 626. The van der Waals surface area contributed by atoms with Crippen molar-refractivity contribution in [1.82, 2.24) is 9.55 Å². The molecule has 1 aromatic carbocycles. The summed E-state index contributed by atoms with van der Waals surface area (Å²) >= 11 is 0. The van der Waals surface area contributed by atoms with E-state index in [1.807, 2.05) is 41.0 Å². The van der Waals surface area contributed by atoms with Crippen molar-refractivity contribution in [3.05, 3.63) is 53.6 Å². The molecule has 0 saturated carbocycles. The number of allylic oxidation sites excluding steroid dienone is 1. The number of carboxylic acids is 1. The first-order chi connectivity index (χ1) is 8.27. The van der Waals surface area contributed by atoms with Crippen LogP contribution >= 0.6 is 0 Å². The lowest BCUT2D eigenvalue weighted by molar-refractivity contribution is 0.0690. The van der Waals surface area contributed by atoms with E-state index in [0.29, 0.717) is 6.42 Å². The van der Waals surface area contributed by atoms with Gasteiger partial charge in [-0.3, -0.25) is 0 Å². The van der Waals surface area contributed by atoms with Gasteiger partial charge in [-0.1, -0.05) is 30.4 Å². The zero-order valence-corrected chi connectivity index (χ0v) is 9.00. The molecule has 2 heterocycles. The van der Waals surface area contributed by atoms with Crippen LogP contribution in [0, 0.1) is 0 Å². The van der Waals surface area contributed by atoms with E-state index in [0.717, 1.165) is 16.9 Å². The Morgan fingerprint density at radius 1 is 1.35 bits per heavy atom. The summed E-state index contributed by atoms with van der Waals surface area (Å²) < 4.78 is 1.85. The molecular formula is C13H10N2O2. The minimum atomic E-state index is -0.980. The quantitative estimate of drug-likeness (QED) is 0.810. The number of carboxylic acid groups (broad SMARTS) is 1. The predicted molar refractivity (Wildman–Crippen MR) is 63.3 cm³/mol. The lowest BCUT2D eigenvalue weighted by Crippen LogP contribution is -2.05. The molecule has 0 atom stereocenters. The molecule has 17 heavy (non-hydrogen) atoms. The highest BCUT2D eigenvalue weighted by molar-refractivity contribution is 5.87. The Morgan fingerprint density at radius 3 is 3.00 bits per heavy atom. The summed E-state index contributed by atoms with van der Waals surface area (Å²) in [5, 5.41) is 9.07. The highest BCUT2D eigenvalue weighted by Gasteiger charge is 2.19. The molecule has 0 spiro atoms. The first-order valence-electron chi connectivity index (χ1n) is 5.33. The van der Waals surface area contributed by atoms with Gasteiger partial charge in [0.05, 0.1) is 11.4 Å². The van der Waals surface area contributed by atoms with Crippen LogP contribution in [-0.4, -0.2) is 20.6 Å². The second kappa shape index (κ2) is 3.59. The Hall–Kier alpha value is -2.36. The van der Waals surface area contributed by atoms with Crippen LogP contribution in [0.25, 0.3) is 11.8 Å². The molecule has 1 aliphatic heterocycles. The van der Waals surface area contributed by atoms with Crippen LogP contribution in [0.3, 0.4) is 0 Å². The van der Waals surface area contributed by atoms with E-state index >= 15 is 0 Å². The van der Waals surface area contributed by atoms with Crippen molar-refractivity contribution in [3.63, 3.8) is 0 Å². The van der Waals surface area contributed by atoms with Crippen molar-refractivity contribution in [2.24, 2.45) is 0 Å². The van der Waals surface area contributed by atoms with Crippen LogP contribution in [0.4, 0.5) is 0 Å². The number of aromatic nitrogens is 2. The minimum Gasteiger partial charge on any atom is -0.476 e. The third kappa shape index (κ3) is 1.45. The van der Waals surface area contributed by atoms with E-state index < -0.39 is 5.97 Å². The monoisotopic (exact) mass is 226 g/mol. The fourth-order valence-corrected chi connectivity index (χ4v) is 2.10. The van der Waals surface area contributed by atoms with Crippen molar-refractivity contribution in [2.75, 3.05) is 0 Å². The maximum atomic E-state index is 11.1. The molecule has 0 radical (unpaired) electrons. The first-order valence-corrected chi connectivity index (χ1v) is 5.33. The average Bonchev–Trinajstić information content (AvgIpc) is 2.66. The number of fused-ring (bicyclic) bond motifs is 3. The summed E-state index contributed by atoms with van der Waals surface area (Å²) in [4.78, 5) is 15.0. The van der Waals surface area contributed by atoms with Crippen LogP contribution in [0.5, 0.6) is 0 Å². The van der Waals surface area contributed by atoms with E-state index in [-0.39, 0.29) is 5.69 Å². The van der Waals surface area contributed by atoms with E-state index in [4.69, 9.17) is 5.11 Å². The van der Waals surface area contributed by atoms with Gasteiger partial charge in [0.15, 0.2) is 5.69 Å². The third-order valence-electron chi connectivity index (χ3n) is 2.87. The zero-order chi connectivity index (χ0) is 11.8. The second-order valence-electron chi connectivity index (χ2n) is 3.88. The lowest BCUT2D eigenvalue weighted by Gasteiger charge is -2.07. The van der Waals surface area contributed by atoms with Crippen molar-refractivity contribution in [1.29, 1.82) is 0 Å². The lowest BCUT2D eigenvalue weighted by atomic mass is 10.1. The molecule has 0 bridgehead atoms. The molecule has 0 amide bonds. The van der Waals surface area contributed by atoms with Gasteiger partial charge >= 0.3 is 5.97 Å². The summed E-state index contributed by atoms with van der Waals surface area (Å²) in [6, 6.07) is 7.86. The number of imidazole rings is 1. The van der Waals surface area contributed by atoms with Crippen molar-refractivity contribution in [2.45, 2.75) is 6.42 Å². The SMILES string of the molecule is O=C(O)c1ncn2c1CC=Cc1ccccc1-2. The molecule has 0 saturated heterocycles. The van der Waals surface area contributed by atoms with Gasteiger partial charge in [0.1, 0.15) is 6.33 Å². The molecule has 4 heteroatoms. The molecule has 0 unspecified atom stereocenters. The Kier molecular flexibility index (Phi) is 2.08. The van der Waals surface area contributed by atoms with Gasteiger partial charge in [0, 0.05) is 6.42 Å². The zero-order valence-electron chi connectivity index (χ0n) is 9.00. The molecular weight excluding hydrogens is 216 g/mol. The summed E-state index contributed by atoms with van der Waals surface area (Å²) in [5.41, 5.74) is 2.89. The molecule has 0 aliphatic carbocycles. The number of carbonyl (C=O) groups is 1. The largest absolute Gasteiger partial charge is 0.476 e. The van der Waals surface area contributed by atoms with Gasteiger partial charge in [-0.15, -0.1) is 0 Å². The van der Waals surface area contributed by atoms with Gasteiger partial charge in [0.25, 0.3) is 0 Å². The van der Waals surface area contributed by atoms with E-state index in [1.54, 1.807) is 6.33 Å². The van der Waals surface area contributed by atoms with Crippen molar-refractivity contribution < 1.29 is 9.90 Å². The summed E-state index contributed by atoms with van der Waals surface area (Å²) in [6.07, 6.45) is 6.13. The molecule has 1 aromatic heterocycles. The van der Waals surface area contributed by atoms with Crippen molar-refractivity contribution in [3.8, 4) is 5.69 Å². The van der Waals surface area contributed by atoms with Gasteiger partial charge in [0.2, 0.25) is 0 Å². The third-order valence-corrected chi connectivity index (χ3v) is 2.87. The number of hydrogen-bond acceptors (Lipinski definition) is 2.